The van der Waals surface area contributed by atoms with Crippen molar-refractivity contribution < 1.29 is 26.3 Å². The molecule has 2 heterocycles. The molecule has 0 saturated heterocycles. The minimum atomic E-state index is -4.62. The van der Waals surface area contributed by atoms with E-state index in [0.29, 0.717) is 6.07 Å². The van der Waals surface area contributed by atoms with Crippen molar-refractivity contribution >= 4 is 23.2 Å². The Bertz CT molecular complexity index is 954. The van der Waals surface area contributed by atoms with Crippen molar-refractivity contribution in [3.8, 4) is 11.1 Å². The van der Waals surface area contributed by atoms with Gasteiger partial charge in [0, 0.05) is 5.56 Å². The van der Waals surface area contributed by atoms with E-state index in [1.165, 1.54) is 0 Å². The fourth-order valence-corrected chi connectivity index (χ4v) is 2.39. The van der Waals surface area contributed by atoms with Gasteiger partial charge < -0.3 is 5.32 Å². The highest BCUT2D eigenvalue weighted by molar-refractivity contribution is 6.33. The van der Waals surface area contributed by atoms with Gasteiger partial charge in [-0.2, -0.15) is 32.8 Å². The second-order valence-electron chi connectivity index (χ2n) is 4.79. The summed E-state index contributed by atoms with van der Waals surface area (Å²) in [7, 11) is 0. The summed E-state index contributed by atoms with van der Waals surface area (Å²) in [6.45, 7) is -1.51. The van der Waals surface area contributed by atoms with Crippen molar-refractivity contribution in [3.05, 3.63) is 41.1 Å². The van der Waals surface area contributed by atoms with Crippen LogP contribution in [0.15, 0.2) is 18.5 Å². The van der Waals surface area contributed by atoms with Crippen LogP contribution in [-0.2, 0) is 0 Å². The third kappa shape index (κ3) is 3.18. The first kappa shape index (κ1) is 17.3. The zero-order valence-corrected chi connectivity index (χ0v) is 12.6. The summed E-state index contributed by atoms with van der Waals surface area (Å²) in [5.41, 5.74) is -1.00. The van der Waals surface area contributed by atoms with Gasteiger partial charge in [-0.3, -0.25) is 0 Å². The number of hydrogen-bond donors (Lipinski definition) is 1. The van der Waals surface area contributed by atoms with Crippen molar-refractivity contribution in [2.75, 3.05) is 11.9 Å². The van der Waals surface area contributed by atoms with Gasteiger partial charge in [0.2, 0.25) is 0 Å². The van der Waals surface area contributed by atoms with Crippen molar-refractivity contribution in [3.63, 3.8) is 0 Å². The normalized spacial score (nSPS) is 12.0. The predicted octanol–water partition coefficient (Wildman–Crippen LogP) is 3.84. The number of nitrogens with zero attached hydrogens (tertiary/aromatic N) is 4. The number of fused-ring (bicyclic) bond motifs is 1. The van der Waals surface area contributed by atoms with Crippen LogP contribution in [0.2, 0.25) is 5.15 Å². The number of benzene rings is 1. The maximum atomic E-state index is 14.1. The number of anilines is 1. The largest absolute Gasteiger partial charge is 0.405 e. The Kier molecular flexibility index (Phi) is 4.19. The van der Waals surface area contributed by atoms with E-state index in [9.17, 15) is 26.3 Å². The summed E-state index contributed by atoms with van der Waals surface area (Å²) in [5.74, 6) is -5.47. The van der Waals surface area contributed by atoms with Crippen molar-refractivity contribution in [1.29, 1.82) is 0 Å². The Hall–Kier alpha value is -2.56. The monoisotopic (exact) mass is 381 g/mol. The quantitative estimate of drug-likeness (QED) is 0.425. The maximum Gasteiger partial charge on any atom is 0.405 e. The molecule has 0 atom stereocenters. The van der Waals surface area contributed by atoms with Crippen LogP contribution in [-0.4, -0.2) is 32.3 Å². The third-order valence-electron chi connectivity index (χ3n) is 3.14. The van der Waals surface area contributed by atoms with Gasteiger partial charge in [-0.15, -0.1) is 0 Å². The molecule has 0 aliphatic heterocycles. The minimum Gasteiger partial charge on any atom is -0.360 e. The van der Waals surface area contributed by atoms with Crippen LogP contribution in [0.1, 0.15) is 0 Å². The van der Waals surface area contributed by atoms with E-state index < -0.39 is 52.3 Å². The molecule has 132 valence electrons. The molecule has 0 spiro atoms. The smallest absolute Gasteiger partial charge is 0.360 e. The number of alkyl halides is 3. The highest BCUT2D eigenvalue weighted by Gasteiger charge is 2.29. The summed E-state index contributed by atoms with van der Waals surface area (Å²) in [4.78, 5) is 7.44. The van der Waals surface area contributed by atoms with Crippen LogP contribution in [0.25, 0.3) is 16.9 Å². The van der Waals surface area contributed by atoms with Gasteiger partial charge in [0.15, 0.2) is 17.5 Å². The number of rotatable bonds is 3. The molecule has 3 rings (SSSR count). The maximum absolute atomic E-state index is 14.1. The molecule has 0 radical (unpaired) electrons. The van der Waals surface area contributed by atoms with Crippen LogP contribution in [0.4, 0.5) is 32.2 Å². The lowest BCUT2D eigenvalue weighted by Crippen LogP contribution is -2.23. The Balaban J connectivity index is 2.27. The van der Waals surface area contributed by atoms with E-state index in [1.54, 1.807) is 0 Å². The molecule has 0 unspecified atom stereocenters. The number of aromatic nitrogens is 4. The van der Waals surface area contributed by atoms with Crippen LogP contribution in [0.3, 0.4) is 0 Å². The third-order valence-corrected chi connectivity index (χ3v) is 3.42. The molecule has 1 N–H and O–H groups in total. The van der Waals surface area contributed by atoms with Crippen LogP contribution in [0, 0.1) is 17.5 Å². The molecule has 0 aliphatic carbocycles. The first-order valence-corrected chi connectivity index (χ1v) is 6.90. The fraction of sp³-hybridized carbons (Fsp3) is 0.154. The average Bonchev–Trinajstić information content (AvgIpc) is 2.98. The van der Waals surface area contributed by atoms with Gasteiger partial charge in [-0.05, 0) is 12.1 Å². The lowest BCUT2D eigenvalue weighted by Gasteiger charge is -2.16. The number of nitrogens with one attached hydrogen (secondary N) is 1. The van der Waals surface area contributed by atoms with E-state index in [0.717, 1.165) is 16.9 Å². The Morgan fingerprint density at radius 3 is 2.52 bits per heavy atom. The molecule has 0 amide bonds. The molecular weight excluding hydrogens is 376 g/mol. The molecule has 5 nitrogen and oxygen atoms in total. The molecule has 3 aromatic rings. The van der Waals surface area contributed by atoms with Crippen LogP contribution < -0.4 is 5.32 Å². The summed E-state index contributed by atoms with van der Waals surface area (Å²) in [6.07, 6.45) is -3.63. The van der Waals surface area contributed by atoms with Gasteiger partial charge in [-0.1, -0.05) is 11.6 Å². The highest BCUT2D eigenvalue weighted by Crippen LogP contribution is 2.37. The van der Waals surface area contributed by atoms with Gasteiger partial charge in [0.05, 0.1) is 5.56 Å². The topological polar surface area (TPSA) is 55.1 Å². The van der Waals surface area contributed by atoms with Gasteiger partial charge in [0.1, 0.15) is 23.8 Å². The van der Waals surface area contributed by atoms with Crippen LogP contribution >= 0.6 is 11.6 Å². The van der Waals surface area contributed by atoms with Crippen molar-refractivity contribution in [2.24, 2.45) is 0 Å². The molecule has 25 heavy (non-hydrogen) atoms. The number of halogens is 7. The Morgan fingerprint density at radius 2 is 1.84 bits per heavy atom. The van der Waals surface area contributed by atoms with E-state index in [2.05, 4.69) is 15.1 Å². The van der Waals surface area contributed by atoms with Gasteiger partial charge in [0.25, 0.3) is 5.78 Å². The second-order valence-corrected chi connectivity index (χ2v) is 5.15. The van der Waals surface area contributed by atoms with E-state index in [1.807, 2.05) is 5.32 Å². The molecular formula is C13H6ClF6N5. The lowest BCUT2D eigenvalue weighted by atomic mass is 10.1. The first-order valence-electron chi connectivity index (χ1n) is 6.53. The molecule has 2 aromatic heterocycles. The van der Waals surface area contributed by atoms with Crippen molar-refractivity contribution in [1.82, 2.24) is 19.6 Å². The average molecular weight is 382 g/mol. The lowest BCUT2D eigenvalue weighted by molar-refractivity contribution is -0.115. The predicted molar refractivity (Wildman–Crippen MR) is 75.6 cm³/mol. The highest BCUT2D eigenvalue weighted by atomic mass is 35.5. The van der Waals surface area contributed by atoms with E-state index in [-0.39, 0.29) is 5.78 Å². The zero-order chi connectivity index (χ0) is 18.4. The summed E-state index contributed by atoms with van der Waals surface area (Å²) in [6, 6.07) is 1.45. The molecule has 0 fully saturated rings. The summed E-state index contributed by atoms with van der Waals surface area (Å²) >= 11 is 5.92. The van der Waals surface area contributed by atoms with E-state index in [4.69, 9.17) is 11.6 Å². The Labute approximate surface area is 140 Å². The minimum absolute atomic E-state index is 0.165. The summed E-state index contributed by atoms with van der Waals surface area (Å²) < 4.78 is 79.3. The van der Waals surface area contributed by atoms with Crippen molar-refractivity contribution in [2.45, 2.75) is 6.18 Å². The van der Waals surface area contributed by atoms with Gasteiger partial charge >= 0.3 is 6.18 Å². The fourth-order valence-electron chi connectivity index (χ4n) is 2.12. The zero-order valence-electron chi connectivity index (χ0n) is 11.9. The second kappa shape index (κ2) is 6.06. The first-order chi connectivity index (χ1) is 11.7. The standard InChI is InChI=1S/C13H6ClF6N5/c14-10-7(5-1-2-6(15)9(17)8(5)16)11(21-3-13(18,19)20)25-12(24-10)22-4-23-25/h1-2,4,21H,3H2. The Morgan fingerprint density at radius 1 is 1.12 bits per heavy atom. The molecule has 0 bridgehead atoms. The summed E-state index contributed by atoms with van der Waals surface area (Å²) in [5, 5.41) is 5.23. The molecule has 0 saturated carbocycles. The van der Waals surface area contributed by atoms with Gasteiger partial charge in [-0.25, -0.2) is 13.2 Å². The molecule has 0 aliphatic rings. The SMILES string of the molecule is Fc1ccc(-c2c(Cl)nc3ncnn3c2NCC(F)(F)F)c(F)c1F. The number of hydrogen-bond acceptors (Lipinski definition) is 4. The van der Waals surface area contributed by atoms with Crippen LogP contribution in [0.5, 0.6) is 0 Å². The van der Waals surface area contributed by atoms with E-state index >= 15 is 0 Å². The molecule has 1 aromatic carbocycles. The molecule has 12 heteroatoms.